The van der Waals surface area contributed by atoms with Crippen molar-refractivity contribution in [2.75, 3.05) is 0 Å². The van der Waals surface area contributed by atoms with Crippen molar-refractivity contribution in [3.63, 3.8) is 0 Å². The molecule has 3 rings (SSSR count). The van der Waals surface area contributed by atoms with E-state index in [-0.39, 0.29) is 5.78 Å². The van der Waals surface area contributed by atoms with Gasteiger partial charge in [-0.15, -0.1) is 0 Å². The van der Waals surface area contributed by atoms with Crippen LogP contribution in [-0.2, 0) is 24.1 Å². The van der Waals surface area contributed by atoms with E-state index in [1.165, 1.54) is 53.4 Å². The lowest BCUT2D eigenvalue weighted by atomic mass is 9.94. The number of nitrogens with one attached hydrogen (secondary N) is 1. The van der Waals surface area contributed by atoms with Crippen LogP contribution in [-0.4, -0.2) is 10.8 Å². The van der Waals surface area contributed by atoms with Gasteiger partial charge in [-0.3, -0.25) is 0 Å². The third-order valence-electron chi connectivity index (χ3n) is 3.93. The first-order chi connectivity index (χ1) is 8.74. The first-order valence-electron chi connectivity index (χ1n) is 6.86. The molecule has 1 aliphatic rings. The third-order valence-corrected chi connectivity index (χ3v) is 3.93. The number of hydrogen-bond donors (Lipinski definition) is 1. The van der Waals surface area contributed by atoms with Crippen molar-refractivity contribution in [1.82, 2.24) is 4.98 Å². The number of benzene rings is 1. The molecule has 1 aromatic heterocycles. The Labute approximate surface area is 107 Å². The normalized spacial score (nSPS) is 14.7. The van der Waals surface area contributed by atoms with Crippen LogP contribution in [0.4, 0.5) is 0 Å². The minimum absolute atomic E-state index is 0.270. The molecule has 1 heterocycles. The summed E-state index contributed by atoms with van der Waals surface area (Å²) in [6, 6.07) is 6.59. The van der Waals surface area contributed by atoms with Gasteiger partial charge in [-0.25, -0.2) is 0 Å². The second-order valence-corrected chi connectivity index (χ2v) is 5.37. The van der Waals surface area contributed by atoms with Crippen LogP contribution >= 0.6 is 0 Å². The van der Waals surface area contributed by atoms with Gasteiger partial charge in [0.15, 0.2) is 0 Å². The fraction of sp³-hybridized carbons (Fsp3) is 0.438. The lowest BCUT2D eigenvalue weighted by Crippen LogP contribution is -2.00. The smallest absolute Gasteiger partial charge is 0.130 e. The SMILES string of the molecule is CC(=O)CCc1ccc2[nH]c3c(c2c1)CCCC3. The predicted molar refractivity (Wildman–Crippen MR) is 73.9 cm³/mol. The summed E-state index contributed by atoms with van der Waals surface area (Å²) < 4.78 is 0. The molecule has 0 radical (unpaired) electrons. The van der Waals surface area contributed by atoms with Crippen LogP contribution in [0, 0.1) is 0 Å². The Bertz CT molecular complexity index is 594. The maximum absolute atomic E-state index is 11.1. The number of rotatable bonds is 3. The molecule has 1 aromatic carbocycles. The van der Waals surface area contributed by atoms with E-state index >= 15 is 0 Å². The van der Waals surface area contributed by atoms with E-state index in [0.29, 0.717) is 6.42 Å². The summed E-state index contributed by atoms with van der Waals surface area (Å²) in [4.78, 5) is 14.6. The number of fused-ring (bicyclic) bond motifs is 3. The standard InChI is InChI=1S/C16H19NO/c1-11(18)6-7-12-8-9-16-14(10-12)13-4-2-3-5-15(13)17-16/h8-10,17H,2-7H2,1H3. The number of Topliss-reactive ketones (excluding diaryl/α,β-unsaturated/α-hetero) is 1. The van der Waals surface area contributed by atoms with Crippen molar-refractivity contribution < 1.29 is 4.79 Å². The van der Waals surface area contributed by atoms with Crippen molar-refractivity contribution in [2.45, 2.75) is 45.4 Å². The average Bonchev–Trinajstić information content (AvgIpc) is 2.74. The van der Waals surface area contributed by atoms with Crippen LogP contribution in [0.1, 0.15) is 43.0 Å². The summed E-state index contributed by atoms with van der Waals surface area (Å²) in [5, 5.41) is 1.38. The van der Waals surface area contributed by atoms with Gasteiger partial charge in [0.25, 0.3) is 0 Å². The molecule has 2 aromatic rings. The molecule has 0 amide bonds. The Kier molecular flexibility index (Phi) is 2.94. The molecule has 18 heavy (non-hydrogen) atoms. The number of carbonyl (C=O) groups excluding carboxylic acids is 1. The maximum Gasteiger partial charge on any atom is 0.130 e. The molecule has 1 aliphatic carbocycles. The molecule has 0 unspecified atom stereocenters. The lowest BCUT2D eigenvalue weighted by Gasteiger charge is -2.10. The van der Waals surface area contributed by atoms with E-state index in [4.69, 9.17) is 0 Å². The molecule has 0 aliphatic heterocycles. The number of aromatic nitrogens is 1. The molecular formula is C16H19NO. The Morgan fingerprint density at radius 2 is 2.11 bits per heavy atom. The second-order valence-electron chi connectivity index (χ2n) is 5.37. The maximum atomic E-state index is 11.1. The summed E-state index contributed by atoms with van der Waals surface area (Å²) >= 11 is 0. The van der Waals surface area contributed by atoms with Crippen molar-refractivity contribution in [2.24, 2.45) is 0 Å². The van der Waals surface area contributed by atoms with Crippen LogP contribution in [0.2, 0.25) is 0 Å². The predicted octanol–water partition coefficient (Wildman–Crippen LogP) is 3.57. The molecule has 94 valence electrons. The first-order valence-corrected chi connectivity index (χ1v) is 6.86. The van der Waals surface area contributed by atoms with Crippen molar-refractivity contribution in [3.8, 4) is 0 Å². The van der Waals surface area contributed by atoms with Gasteiger partial charge in [0.2, 0.25) is 0 Å². The third kappa shape index (κ3) is 2.07. The Balaban J connectivity index is 1.97. The van der Waals surface area contributed by atoms with Crippen molar-refractivity contribution in [1.29, 1.82) is 0 Å². The summed E-state index contributed by atoms with van der Waals surface area (Å²) in [5.74, 6) is 0.270. The molecule has 0 saturated heterocycles. The second kappa shape index (κ2) is 4.60. The Hall–Kier alpha value is -1.57. The van der Waals surface area contributed by atoms with Gasteiger partial charge in [0.1, 0.15) is 5.78 Å². The molecule has 0 fully saturated rings. The minimum atomic E-state index is 0.270. The molecular weight excluding hydrogens is 222 g/mol. The quantitative estimate of drug-likeness (QED) is 0.875. The first kappa shape index (κ1) is 11.5. The van der Waals surface area contributed by atoms with E-state index in [1.54, 1.807) is 6.92 Å². The van der Waals surface area contributed by atoms with Crippen LogP contribution in [0.15, 0.2) is 18.2 Å². The molecule has 1 N–H and O–H groups in total. The Morgan fingerprint density at radius 1 is 1.28 bits per heavy atom. The number of ketones is 1. The summed E-state index contributed by atoms with van der Waals surface area (Å²) in [7, 11) is 0. The minimum Gasteiger partial charge on any atom is -0.358 e. The highest BCUT2D eigenvalue weighted by Gasteiger charge is 2.15. The van der Waals surface area contributed by atoms with E-state index in [2.05, 4.69) is 23.2 Å². The fourth-order valence-electron chi connectivity index (χ4n) is 2.93. The zero-order chi connectivity index (χ0) is 12.5. The number of hydrogen-bond acceptors (Lipinski definition) is 1. The molecule has 0 saturated carbocycles. The zero-order valence-electron chi connectivity index (χ0n) is 10.9. The van der Waals surface area contributed by atoms with Gasteiger partial charge >= 0.3 is 0 Å². The van der Waals surface area contributed by atoms with Gasteiger partial charge in [0.05, 0.1) is 0 Å². The van der Waals surface area contributed by atoms with Crippen LogP contribution in [0.5, 0.6) is 0 Å². The van der Waals surface area contributed by atoms with Gasteiger partial charge in [-0.1, -0.05) is 6.07 Å². The average molecular weight is 241 g/mol. The van der Waals surface area contributed by atoms with Gasteiger partial charge in [0, 0.05) is 23.0 Å². The summed E-state index contributed by atoms with van der Waals surface area (Å²) in [6.07, 6.45) is 6.51. The zero-order valence-corrected chi connectivity index (χ0v) is 10.9. The van der Waals surface area contributed by atoms with Crippen molar-refractivity contribution >= 4 is 16.7 Å². The Morgan fingerprint density at radius 3 is 2.94 bits per heavy atom. The van der Waals surface area contributed by atoms with Gasteiger partial charge in [-0.05, 0) is 62.3 Å². The highest BCUT2D eigenvalue weighted by Crippen LogP contribution is 2.29. The highest BCUT2D eigenvalue weighted by atomic mass is 16.1. The number of aryl methyl sites for hydroxylation is 3. The number of carbonyl (C=O) groups is 1. The molecule has 2 nitrogen and oxygen atoms in total. The summed E-state index contributed by atoms with van der Waals surface area (Å²) in [6.45, 7) is 1.66. The van der Waals surface area contributed by atoms with E-state index < -0.39 is 0 Å². The van der Waals surface area contributed by atoms with E-state index in [9.17, 15) is 4.79 Å². The van der Waals surface area contributed by atoms with E-state index in [0.717, 1.165) is 6.42 Å². The lowest BCUT2D eigenvalue weighted by molar-refractivity contribution is -0.116. The van der Waals surface area contributed by atoms with E-state index in [1.807, 2.05) is 0 Å². The number of H-pyrrole nitrogens is 1. The van der Waals surface area contributed by atoms with Crippen LogP contribution in [0.3, 0.4) is 0 Å². The van der Waals surface area contributed by atoms with Crippen molar-refractivity contribution in [3.05, 3.63) is 35.0 Å². The largest absolute Gasteiger partial charge is 0.358 e. The van der Waals surface area contributed by atoms with Crippen LogP contribution < -0.4 is 0 Å². The fourth-order valence-corrected chi connectivity index (χ4v) is 2.93. The molecule has 0 bridgehead atoms. The molecule has 2 heteroatoms. The number of aromatic amines is 1. The monoisotopic (exact) mass is 241 g/mol. The molecule has 0 atom stereocenters. The van der Waals surface area contributed by atoms with Gasteiger partial charge < -0.3 is 9.78 Å². The van der Waals surface area contributed by atoms with Crippen LogP contribution in [0.25, 0.3) is 10.9 Å². The topological polar surface area (TPSA) is 32.9 Å². The molecule has 0 spiro atoms. The summed E-state index contributed by atoms with van der Waals surface area (Å²) in [5.41, 5.74) is 5.49. The highest BCUT2D eigenvalue weighted by molar-refractivity contribution is 5.85. The van der Waals surface area contributed by atoms with Gasteiger partial charge in [-0.2, -0.15) is 0 Å².